The standard InChI is InChI=1S/C16H15ClINO/c1-10-6-11(2)8-13(7-10)19(3)16(20)12-4-5-15(18)14(17)9-12/h4-9H,1-3H3. The summed E-state index contributed by atoms with van der Waals surface area (Å²) in [4.78, 5) is 14.1. The molecule has 0 N–H and O–H groups in total. The van der Waals surface area contributed by atoms with E-state index >= 15 is 0 Å². The van der Waals surface area contributed by atoms with Crippen LogP contribution in [0.1, 0.15) is 21.5 Å². The molecule has 0 saturated heterocycles. The Morgan fingerprint density at radius 2 is 1.70 bits per heavy atom. The summed E-state index contributed by atoms with van der Waals surface area (Å²) in [5.74, 6) is -0.0618. The normalized spacial score (nSPS) is 10.4. The van der Waals surface area contributed by atoms with E-state index < -0.39 is 0 Å². The molecule has 0 atom stereocenters. The van der Waals surface area contributed by atoms with Gasteiger partial charge in [0.1, 0.15) is 0 Å². The van der Waals surface area contributed by atoms with Crippen LogP contribution in [0.25, 0.3) is 0 Å². The summed E-state index contributed by atoms with van der Waals surface area (Å²) in [6, 6.07) is 11.5. The molecule has 0 aliphatic carbocycles. The summed E-state index contributed by atoms with van der Waals surface area (Å²) in [6.45, 7) is 4.05. The molecule has 0 radical (unpaired) electrons. The van der Waals surface area contributed by atoms with Crippen LogP contribution in [0.3, 0.4) is 0 Å². The second kappa shape index (κ2) is 6.14. The minimum absolute atomic E-state index is 0.0618. The largest absolute Gasteiger partial charge is 0.311 e. The molecule has 2 aromatic rings. The van der Waals surface area contributed by atoms with Crippen LogP contribution in [0, 0.1) is 17.4 Å². The molecule has 0 saturated carbocycles. The van der Waals surface area contributed by atoms with Crippen LogP contribution in [0.5, 0.6) is 0 Å². The van der Waals surface area contributed by atoms with Crippen molar-refractivity contribution in [2.75, 3.05) is 11.9 Å². The van der Waals surface area contributed by atoms with Crippen molar-refractivity contribution in [2.45, 2.75) is 13.8 Å². The van der Waals surface area contributed by atoms with Gasteiger partial charge >= 0.3 is 0 Å². The van der Waals surface area contributed by atoms with Gasteiger partial charge < -0.3 is 4.90 Å². The number of carbonyl (C=O) groups is 1. The second-order valence-corrected chi connectivity index (χ2v) is 6.41. The van der Waals surface area contributed by atoms with Crippen molar-refractivity contribution in [3.63, 3.8) is 0 Å². The molecule has 0 heterocycles. The van der Waals surface area contributed by atoms with E-state index in [1.807, 2.05) is 32.0 Å². The van der Waals surface area contributed by atoms with Crippen molar-refractivity contribution in [3.05, 3.63) is 61.7 Å². The fourth-order valence-corrected chi connectivity index (χ4v) is 2.60. The zero-order valence-corrected chi connectivity index (χ0v) is 14.5. The Labute approximate surface area is 137 Å². The van der Waals surface area contributed by atoms with Gasteiger partial charge in [0.15, 0.2) is 0 Å². The van der Waals surface area contributed by atoms with Crippen LogP contribution in [-0.2, 0) is 0 Å². The van der Waals surface area contributed by atoms with E-state index in [-0.39, 0.29) is 5.91 Å². The van der Waals surface area contributed by atoms with E-state index in [1.54, 1.807) is 24.1 Å². The van der Waals surface area contributed by atoms with Gasteiger partial charge in [0.05, 0.1) is 5.02 Å². The van der Waals surface area contributed by atoms with E-state index in [1.165, 1.54) is 0 Å². The molecule has 2 aromatic carbocycles. The zero-order valence-electron chi connectivity index (χ0n) is 11.6. The van der Waals surface area contributed by atoms with E-state index in [2.05, 4.69) is 28.7 Å². The molecule has 0 unspecified atom stereocenters. The van der Waals surface area contributed by atoms with Crippen LogP contribution in [0.15, 0.2) is 36.4 Å². The van der Waals surface area contributed by atoms with Crippen LogP contribution < -0.4 is 4.90 Å². The summed E-state index contributed by atoms with van der Waals surface area (Å²) in [6.07, 6.45) is 0. The fourth-order valence-electron chi connectivity index (χ4n) is 2.08. The highest BCUT2D eigenvalue weighted by molar-refractivity contribution is 14.1. The van der Waals surface area contributed by atoms with Crippen molar-refractivity contribution in [3.8, 4) is 0 Å². The molecule has 2 rings (SSSR count). The van der Waals surface area contributed by atoms with Crippen molar-refractivity contribution < 1.29 is 4.79 Å². The van der Waals surface area contributed by atoms with Crippen LogP contribution in [-0.4, -0.2) is 13.0 Å². The van der Waals surface area contributed by atoms with Gasteiger partial charge in [-0.25, -0.2) is 0 Å². The Bertz CT molecular complexity index is 649. The number of aryl methyl sites for hydroxylation is 2. The third-order valence-electron chi connectivity index (χ3n) is 3.06. The monoisotopic (exact) mass is 399 g/mol. The third kappa shape index (κ3) is 3.33. The molecule has 0 aliphatic rings. The minimum atomic E-state index is -0.0618. The highest BCUT2D eigenvalue weighted by atomic mass is 127. The Balaban J connectivity index is 2.34. The lowest BCUT2D eigenvalue weighted by molar-refractivity contribution is 0.0993. The number of benzene rings is 2. The summed E-state index contributed by atoms with van der Waals surface area (Å²) < 4.78 is 0.940. The highest BCUT2D eigenvalue weighted by Gasteiger charge is 2.15. The van der Waals surface area contributed by atoms with Gasteiger partial charge in [-0.15, -0.1) is 0 Å². The number of amides is 1. The SMILES string of the molecule is Cc1cc(C)cc(N(C)C(=O)c2ccc(I)c(Cl)c2)c1. The molecule has 0 aliphatic heterocycles. The molecule has 20 heavy (non-hydrogen) atoms. The first-order valence-corrected chi connectivity index (χ1v) is 7.65. The topological polar surface area (TPSA) is 20.3 Å². The average Bonchev–Trinajstić information content (AvgIpc) is 2.39. The molecule has 0 spiro atoms. The van der Waals surface area contributed by atoms with Gasteiger partial charge in [-0.3, -0.25) is 4.79 Å². The maximum absolute atomic E-state index is 12.5. The van der Waals surface area contributed by atoms with Gasteiger partial charge in [0.25, 0.3) is 5.91 Å². The number of rotatable bonds is 2. The molecule has 104 valence electrons. The molecule has 4 heteroatoms. The summed E-state index contributed by atoms with van der Waals surface area (Å²) in [7, 11) is 1.78. The predicted molar refractivity (Wildman–Crippen MR) is 92.8 cm³/mol. The van der Waals surface area contributed by atoms with E-state index in [9.17, 15) is 4.79 Å². The van der Waals surface area contributed by atoms with Gasteiger partial charge in [0.2, 0.25) is 0 Å². The Kier molecular flexibility index (Phi) is 4.70. The first-order valence-electron chi connectivity index (χ1n) is 6.20. The van der Waals surface area contributed by atoms with Crippen molar-refractivity contribution in [2.24, 2.45) is 0 Å². The second-order valence-electron chi connectivity index (χ2n) is 4.84. The Hall–Kier alpha value is -1.07. The molecule has 2 nitrogen and oxygen atoms in total. The number of nitrogens with zero attached hydrogens (tertiary/aromatic N) is 1. The van der Waals surface area contributed by atoms with Crippen LogP contribution in [0.2, 0.25) is 5.02 Å². The van der Waals surface area contributed by atoms with Crippen molar-refractivity contribution in [1.29, 1.82) is 0 Å². The molecular weight excluding hydrogens is 385 g/mol. The van der Waals surface area contributed by atoms with Gasteiger partial charge in [-0.2, -0.15) is 0 Å². The number of hydrogen-bond donors (Lipinski definition) is 0. The first-order chi connectivity index (χ1) is 9.38. The molecule has 0 bridgehead atoms. The lowest BCUT2D eigenvalue weighted by Crippen LogP contribution is -2.26. The first kappa shape index (κ1) is 15.3. The smallest absolute Gasteiger partial charge is 0.258 e. The lowest BCUT2D eigenvalue weighted by atomic mass is 10.1. The maximum Gasteiger partial charge on any atom is 0.258 e. The van der Waals surface area contributed by atoms with Crippen LogP contribution in [0.4, 0.5) is 5.69 Å². The Morgan fingerprint density at radius 1 is 1.10 bits per heavy atom. The van der Waals surface area contributed by atoms with Gasteiger partial charge in [-0.1, -0.05) is 17.7 Å². The maximum atomic E-state index is 12.5. The molecule has 0 aromatic heterocycles. The Morgan fingerprint density at radius 3 is 2.25 bits per heavy atom. The van der Waals surface area contributed by atoms with E-state index in [0.717, 1.165) is 20.4 Å². The van der Waals surface area contributed by atoms with E-state index in [4.69, 9.17) is 11.6 Å². The molecule has 0 fully saturated rings. The highest BCUT2D eigenvalue weighted by Crippen LogP contribution is 2.23. The van der Waals surface area contributed by atoms with E-state index in [0.29, 0.717) is 10.6 Å². The van der Waals surface area contributed by atoms with Gasteiger partial charge in [-0.05, 0) is 77.9 Å². The number of halogens is 2. The third-order valence-corrected chi connectivity index (χ3v) is 4.64. The van der Waals surface area contributed by atoms with Crippen LogP contribution >= 0.6 is 34.2 Å². The zero-order chi connectivity index (χ0) is 14.9. The molecule has 1 amide bonds. The predicted octanol–water partition coefficient (Wildman–Crippen LogP) is 4.84. The van der Waals surface area contributed by atoms with Crippen molar-refractivity contribution in [1.82, 2.24) is 0 Å². The summed E-state index contributed by atoms with van der Waals surface area (Å²) in [5.41, 5.74) is 3.76. The summed E-state index contributed by atoms with van der Waals surface area (Å²) >= 11 is 8.23. The molecular formula is C16H15ClINO. The quantitative estimate of drug-likeness (QED) is 0.662. The average molecular weight is 400 g/mol. The number of hydrogen-bond acceptors (Lipinski definition) is 1. The fraction of sp³-hybridized carbons (Fsp3) is 0.188. The minimum Gasteiger partial charge on any atom is -0.311 e. The summed E-state index contributed by atoms with van der Waals surface area (Å²) in [5, 5.41) is 0.602. The van der Waals surface area contributed by atoms with Gasteiger partial charge in [0, 0.05) is 21.9 Å². The lowest BCUT2D eigenvalue weighted by Gasteiger charge is -2.19. The van der Waals surface area contributed by atoms with Crippen molar-refractivity contribution >= 4 is 45.8 Å². The number of carbonyl (C=O) groups excluding carboxylic acids is 1. The number of anilines is 1.